The molecule has 0 aliphatic heterocycles. The monoisotopic (exact) mass is 552 g/mol. The second-order valence-corrected chi connectivity index (χ2v) is 10.6. The number of hydrogen-bond donors (Lipinski definition) is 1. The van der Waals surface area contributed by atoms with Crippen LogP contribution in [-0.4, -0.2) is 34.6 Å². The van der Waals surface area contributed by atoms with Crippen LogP contribution in [0.5, 0.6) is 0 Å². The molecule has 0 aliphatic rings. The van der Waals surface area contributed by atoms with Crippen molar-refractivity contribution < 1.29 is 9.59 Å². The Kier molecular flexibility index (Phi) is 10.9. The highest BCUT2D eigenvalue weighted by Crippen LogP contribution is 2.20. The fourth-order valence-electron chi connectivity index (χ4n) is 3.74. The molecule has 0 heterocycles. The van der Waals surface area contributed by atoms with E-state index in [2.05, 4.69) is 33.4 Å². The van der Waals surface area contributed by atoms with Gasteiger partial charge in [0.15, 0.2) is 0 Å². The van der Waals surface area contributed by atoms with Crippen molar-refractivity contribution in [2.75, 3.05) is 5.75 Å². The molecular weight excluding hydrogens is 520 g/mol. The van der Waals surface area contributed by atoms with Gasteiger partial charge in [0.25, 0.3) is 0 Å². The quantitative estimate of drug-likeness (QED) is 0.289. The first-order valence-corrected chi connectivity index (χ1v) is 13.9. The van der Waals surface area contributed by atoms with Gasteiger partial charge in [0.1, 0.15) is 6.04 Å². The van der Waals surface area contributed by atoms with Crippen LogP contribution in [0.3, 0.4) is 0 Å². The molecule has 0 saturated carbocycles. The molecule has 1 N–H and O–H groups in total. The topological polar surface area (TPSA) is 49.4 Å². The summed E-state index contributed by atoms with van der Waals surface area (Å²) < 4.78 is 0.949. The van der Waals surface area contributed by atoms with E-state index < -0.39 is 6.04 Å². The third kappa shape index (κ3) is 8.86. The number of halogens is 1. The lowest BCUT2D eigenvalue weighted by molar-refractivity contribution is -0.139. The molecule has 0 radical (unpaired) electrons. The van der Waals surface area contributed by atoms with Gasteiger partial charge in [-0.05, 0) is 42.2 Å². The summed E-state index contributed by atoms with van der Waals surface area (Å²) in [6.07, 6.45) is 1.29. The van der Waals surface area contributed by atoms with Gasteiger partial charge in [-0.15, -0.1) is 11.8 Å². The zero-order valence-corrected chi connectivity index (χ0v) is 22.7. The maximum Gasteiger partial charge on any atom is 0.243 e. The highest BCUT2D eigenvalue weighted by atomic mass is 79.9. The van der Waals surface area contributed by atoms with E-state index in [0.29, 0.717) is 18.7 Å². The Labute approximate surface area is 221 Å². The minimum Gasteiger partial charge on any atom is -0.352 e. The summed E-state index contributed by atoms with van der Waals surface area (Å²) in [7, 11) is 0. The largest absolute Gasteiger partial charge is 0.352 e. The first-order chi connectivity index (χ1) is 17.0. The van der Waals surface area contributed by atoms with E-state index in [1.807, 2.05) is 86.6 Å². The van der Waals surface area contributed by atoms with Gasteiger partial charge in [-0.1, -0.05) is 95.7 Å². The average molecular weight is 554 g/mol. The van der Waals surface area contributed by atoms with E-state index in [-0.39, 0.29) is 17.9 Å². The van der Waals surface area contributed by atoms with Crippen LogP contribution in [0.15, 0.2) is 89.4 Å². The van der Waals surface area contributed by atoms with E-state index >= 15 is 0 Å². The summed E-state index contributed by atoms with van der Waals surface area (Å²) in [6.45, 7) is 4.41. The number of nitrogens with zero attached hydrogens (tertiary/aromatic N) is 1. The summed E-state index contributed by atoms with van der Waals surface area (Å²) in [4.78, 5) is 28.9. The Balaban J connectivity index is 1.86. The van der Waals surface area contributed by atoms with Gasteiger partial charge in [0, 0.05) is 29.2 Å². The van der Waals surface area contributed by atoms with Crippen molar-refractivity contribution in [3.8, 4) is 0 Å². The van der Waals surface area contributed by atoms with Crippen LogP contribution in [0, 0.1) is 0 Å². The molecule has 2 amide bonds. The summed E-state index contributed by atoms with van der Waals surface area (Å²) in [5.74, 6) is 0.913. The Morgan fingerprint density at radius 1 is 0.914 bits per heavy atom. The molecule has 0 aliphatic carbocycles. The molecule has 35 heavy (non-hydrogen) atoms. The third-order valence-electron chi connectivity index (χ3n) is 5.85. The van der Waals surface area contributed by atoms with E-state index in [1.165, 1.54) is 5.56 Å². The molecule has 2 atom stereocenters. The van der Waals surface area contributed by atoms with Crippen LogP contribution < -0.4 is 5.32 Å². The van der Waals surface area contributed by atoms with Crippen LogP contribution in [0.2, 0.25) is 0 Å². The lowest BCUT2D eigenvalue weighted by Crippen LogP contribution is -2.52. The van der Waals surface area contributed by atoms with E-state index in [4.69, 9.17) is 0 Å². The molecule has 0 saturated heterocycles. The maximum absolute atomic E-state index is 13.6. The maximum atomic E-state index is 13.6. The Hall–Kier alpha value is -2.57. The highest BCUT2D eigenvalue weighted by Gasteiger charge is 2.30. The second kappa shape index (κ2) is 14.1. The number of thioether (sulfide) groups is 1. The molecule has 3 rings (SSSR count). The smallest absolute Gasteiger partial charge is 0.243 e. The van der Waals surface area contributed by atoms with Crippen molar-refractivity contribution in [1.29, 1.82) is 0 Å². The molecule has 4 nitrogen and oxygen atoms in total. The lowest BCUT2D eigenvalue weighted by atomic mass is 10.0. The summed E-state index contributed by atoms with van der Waals surface area (Å²) in [5, 5.41) is 3.12. The van der Waals surface area contributed by atoms with Gasteiger partial charge in [0.05, 0.1) is 5.75 Å². The number of benzene rings is 3. The van der Waals surface area contributed by atoms with Gasteiger partial charge in [-0.25, -0.2) is 0 Å². The number of hydrogen-bond acceptors (Lipinski definition) is 3. The van der Waals surface area contributed by atoms with E-state index in [9.17, 15) is 9.59 Å². The van der Waals surface area contributed by atoms with E-state index in [0.717, 1.165) is 27.8 Å². The molecule has 3 aromatic rings. The predicted octanol–water partition coefficient (Wildman–Crippen LogP) is 6.24. The van der Waals surface area contributed by atoms with Crippen molar-refractivity contribution in [2.45, 2.75) is 51.1 Å². The van der Waals surface area contributed by atoms with Gasteiger partial charge in [-0.3, -0.25) is 9.59 Å². The molecule has 0 bridgehead atoms. The Morgan fingerprint density at radius 3 is 2.17 bits per heavy atom. The Bertz CT molecular complexity index is 1080. The standard InChI is InChI=1S/C29H33BrN2O2S/c1-3-22(2)31-29(34)27(18-23-11-6-4-7-12-23)32(19-25-15-10-16-26(30)17-25)28(33)21-35-20-24-13-8-5-9-14-24/h4-17,22,27H,3,18-21H2,1-2H3,(H,31,34)/t22-,27+/m0/s1. The highest BCUT2D eigenvalue weighted by molar-refractivity contribution is 9.10. The van der Waals surface area contributed by atoms with Crippen molar-refractivity contribution in [3.63, 3.8) is 0 Å². The normalized spacial score (nSPS) is 12.5. The van der Waals surface area contributed by atoms with Crippen molar-refractivity contribution in [2.24, 2.45) is 0 Å². The average Bonchev–Trinajstić information content (AvgIpc) is 2.87. The molecule has 6 heteroatoms. The number of amides is 2. The minimum absolute atomic E-state index is 0.0360. The van der Waals surface area contributed by atoms with Crippen LogP contribution in [0.25, 0.3) is 0 Å². The third-order valence-corrected chi connectivity index (χ3v) is 7.33. The van der Waals surface area contributed by atoms with Gasteiger partial charge in [0.2, 0.25) is 11.8 Å². The molecule has 0 fully saturated rings. The first kappa shape index (κ1) is 27.0. The van der Waals surface area contributed by atoms with Crippen LogP contribution in [-0.2, 0) is 28.3 Å². The van der Waals surface area contributed by atoms with Crippen LogP contribution in [0.1, 0.15) is 37.0 Å². The van der Waals surface area contributed by atoms with Gasteiger partial charge in [-0.2, -0.15) is 0 Å². The van der Waals surface area contributed by atoms with Crippen molar-refractivity contribution in [3.05, 3.63) is 106 Å². The predicted molar refractivity (Wildman–Crippen MR) is 149 cm³/mol. The lowest BCUT2D eigenvalue weighted by Gasteiger charge is -2.32. The molecule has 0 unspecified atom stereocenters. The number of rotatable bonds is 12. The Morgan fingerprint density at radius 2 is 1.54 bits per heavy atom. The minimum atomic E-state index is -0.602. The van der Waals surface area contributed by atoms with Crippen molar-refractivity contribution >= 4 is 39.5 Å². The number of nitrogens with one attached hydrogen (secondary N) is 1. The van der Waals surface area contributed by atoms with Crippen LogP contribution in [0.4, 0.5) is 0 Å². The van der Waals surface area contributed by atoms with E-state index in [1.54, 1.807) is 16.7 Å². The summed E-state index contributed by atoms with van der Waals surface area (Å²) >= 11 is 5.11. The zero-order valence-electron chi connectivity index (χ0n) is 20.3. The van der Waals surface area contributed by atoms with Gasteiger partial charge < -0.3 is 10.2 Å². The summed E-state index contributed by atoms with van der Waals surface area (Å²) in [6, 6.07) is 27.4. The van der Waals surface area contributed by atoms with Gasteiger partial charge >= 0.3 is 0 Å². The fourth-order valence-corrected chi connectivity index (χ4v) is 5.06. The second-order valence-electron chi connectivity index (χ2n) is 8.65. The SMILES string of the molecule is CC[C@H](C)NC(=O)[C@@H](Cc1ccccc1)N(Cc1cccc(Br)c1)C(=O)CSCc1ccccc1. The molecule has 0 aromatic heterocycles. The molecule has 0 spiro atoms. The number of carbonyl (C=O) groups is 2. The summed E-state index contributed by atoms with van der Waals surface area (Å²) in [5.41, 5.74) is 3.19. The fraction of sp³-hybridized carbons (Fsp3) is 0.310. The molecule has 3 aromatic carbocycles. The molecule has 184 valence electrons. The van der Waals surface area contributed by atoms with Crippen molar-refractivity contribution in [1.82, 2.24) is 10.2 Å². The molecular formula is C29H33BrN2O2S. The van der Waals surface area contributed by atoms with Crippen LogP contribution >= 0.6 is 27.7 Å². The number of carbonyl (C=O) groups excluding carboxylic acids is 2. The first-order valence-electron chi connectivity index (χ1n) is 12.0. The zero-order chi connectivity index (χ0) is 25.0.